The molecular weight excluding hydrogens is 482 g/mol. The summed E-state index contributed by atoms with van der Waals surface area (Å²) >= 11 is 0. The summed E-state index contributed by atoms with van der Waals surface area (Å²) in [6, 6.07) is 39.6. The third-order valence-electron chi connectivity index (χ3n) is 7.90. The van der Waals surface area contributed by atoms with Crippen molar-refractivity contribution in [2.75, 3.05) is 6.61 Å². The van der Waals surface area contributed by atoms with Gasteiger partial charge in [0.05, 0.1) is 19.3 Å². The summed E-state index contributed by atoms with van der Waals surface area (Å²) in [6.07, 6.45) is 1.93. The van der Waals surface area contributed by atoms with Crippen LogP contribution in [0.5, 0.6) is 0 Å². The van der Waals surface area contributed by atoms with Crippen LogP contribution in [0.3, 0.4) is 0 Å². The highest BCUT2D eigenvalue weighted by molar-refractivity contribution is 6.11. The Labute approximate surface area is 230 Å². The lowest BCUT2D eigenvalue weighted by atomic mass is 9.61. The number of allylic oxidation sites excluding steroid dienone is 1. The van der Waals surface area contributed by atoms with Crippen molar-refractivity contribution in [2.45, 2.75) is 31.5 Å². The average molecular weight is 516 g/mol. The number of likely N-dealkylation sites (tertiary alicyclic amines) is 1. The lowest BCUT2D eigenvalue weighted by Crippen LogP contribution is -2.78. The van der Waals surface area contributed by atoms with Crippen LogP contribution in [0.15, 0.2) is 134 Å². The van der Waals surface area contributed by atoms with Crippen LogP contribution in [-0.4, -0.2) is 29.2 Å². The lowest BCUT2D eigenvalue weighted by molar-refractivity contribution is -0.191. The first kappa shape index (κ1) is 26.3. The fourth-order valence-corrected chi connectivity index (χ4v) is 6.05. The quantitative estimate of drug-likeness (QED) is 0.0984. The van der Waals surface area contributed by atoms with Crippen LogP contribution >= 0.6 is 0 Å². The summed E-state index contributed by atoms with van der Waals surface area (Å²) in [5.74, 6) is -0.375. The maximum absolute atomic E-state index is 14.5. The Kier molecular flexibility index (Phi) is 7.58. The van der Waals surface area contributed by atoms with Crippen LogP contribution in [0.25, 0.3) is 0 Å². The number of hydrogen-bond donors (Lipinski definition) is 0. The largest absolute Gasteiger partial charge is 0.375 e. The number of carbonyl (C=O) groups is 2. The summed E-state index contributed by atoms with van der Waals surface area (Å²) in [5.41, 5.74) is 1.66. The van der Waals surface area contributed by atoms with Crippen LogP contribution in [0, 0.1) is 5.41 Å². The first-order valence-electron chi connectivity index (χ1n) is 13.3. The monoisotopic (exact) mass is 515 g/mol. The van der Waals surface area contributed by atoms with Crippen molar-refractivity contribution < 1.29 is 14.3 Å². The van der Waals surface area contributed by atoms with Gasteiger partial charge in [-0.1, -0.05) is 127 Å². The summed E-state index contributed by atoms with van der Waals surface area (Å²) in [6.45, 7) is 6.01. The minimum absolute atomic E-state index is 0.167. The summed E-state index contributed by atoms with van der Waals surface area (Å²) < 4.78 is 6.28. The van der Waals surface area contributed by atoms with E-state index < -0.39 is 17.0 Å². The zero-order valence-electron chi connectivity index (χ0n) is 22.2. The minimum Gasteiger partial charge on any atom is -0.375 e. The molecule has 0 N–H and O–H groups in total. The molecule has 5 rings (SSSR count). The molecule has 2 atom stereocenters. The fourth-order valence-electron chi connectivity index (χ4n) is 6.05. The van der Waals surface area contributed by atoms with Crippen LogP contribution in [0.4, 0.5) is 0 Å². The number of Topliss-reactive ketones (excluding diaryl/α,β-unsaturated/α-hetero) is 1. The van der Waals surface area contributed by atoms with Gasteiger partial charge in [-0.2, -0.15) is 0 Å². The van der Waals surface area contributed by atoms with Gasteiger partial charge in [0.15, 0.2) is 0 Å². The summed E-state index contributed by atoms with van der Waals surface area (Å²) in [5, 5.41) is 0. The molecule has 1 amide bonds. The Morgan fingerprint density at radius 2 is 1.26 bits per heavy atom. The first-order valence-corrected chi connectivity index (χ1v) is 13.3. The Balaban J connectivity index is 1.70. The predicted octanol–water partition coefficient (Wildman–Crippen LogP) is 6.56. The molecule has 1 fully saturated rings. The second kappa shape index (κ2) is 11.2. The van der Waals surface area contributed by atoms with Crippen LogP contribution in [0.1, 0.15) is 35.6 Å². The second-order valence-electron chi connectivity index (χ2n) is 10.0. The van der Waals surface area contributed by atoms with E-state index in [0.717, 1.165) is 22.3 Å². The Morgan fingerprint density at radius 3 is 1.67 bits per heavy atom. The number of amides is 1. The number of nitrogens with zero attached hydrogens (tertiary/aromatic N) is 1. The molecule has 196 valence electrons. The zero-order chi connectivity index (χ0) is 27.3. The number of carbonyl (C=O) groups excluding carboxylic acids is 2. The number of β-lactam (4-membered cyclic amide) rings is 1. The van der Waals surface area contributed by atoms with Gasteiger partial charge < -0.3 is 9.64 Å². The molecule has 0 unspecified atom stereocenters. The highest BCUT2D eigenvalue weighted by atomic mass is 16.5. The molecular formula is C35H33NO3. The molecule has 0 saturated carbocycles. The van der Waals surface area contributed by atoms with Crippen molar-refractivity contribution in [1.82, 2.24) is 4.90 Å². The van der Waals surface area contributed by atoms with Crippen molar-refractivity contribution in [2.24, 2.45) is 5.41 Å². The molecule has 39 heavy (non-hydrogen) atoms. The van der Waals surface area contributed by atoms with Crippen LogP contribution in [0.2, 0.25) is 0 Å². The van der Waals surface area contributed by atoms with Gasteiger partial charge in [-0.3, -0.25) is 9.59 Å². The Hall–Kier alpha value is -4.28. The molecule has 0 bridgehead atoms. The van der Waals surface area contributed by atoms with E-state index in [1.54, 1.807) is 6.08 Å². The molecule has 1 aliphatic rings. The van der Waals surface area contributed by atoms with Gasteiger partial charge in [0.1, 0.15) is 16.7 Å². The highest BCUT2D eigenvalue weighted by Crippen LogP contribution is 2.55. The highest BCUT2D eigenvalue weighted by Gasteiger charge is 2.68. The van der Waals surface area contributed by atoms with Gasteiger partial charge in [0, 0.05) is 0 Å². The molecule has 4 nitrogen and oxygen atoms in total. The topological polar surface area (TPSA) is 46.6 Å². The number of benzene rings is 4. The van der Waals surface area contributed by atoms with E-state index in [4.69, 9.17) is 4.74 Å². The molecule has 0 aromatic heterocycles. The van der Waals surface area contributed by atoms with Crippen molar-refractivity contribution in [3.05, 3.63) is 156 Å². The number of rotatable bonds is 11. The normalized spacial score (nSPS) is 18.8. The molecule has 0 radical (unpaired) electrons. The van der Waals surface area contributed by atoms with Gasteiger partial charge >= 0.3 is 0 Å². The van der Waals surface area contributed by atoms with E-state index in [0.29, 0.717) is 6.61 Å². The molecule has 1 saturated heterocycles. The predicted molar refractivity (Wildman–Crippen MR) is 154 cm³/mol. The number of ketones is 1. The van der Waals surface area contributed by atoms with E-state index in [1.165, 1.54) is 6.92 Å². The maximum atomic E-state index is 14.5. The van der Waals surface area contributed by atoms with Crippen molar-refractivity contribution in [3.8, 4) is 0 Å². The third kappa shape index (κ3) is 4.41. The van der Waals surface area contributed by atoms with E-state index in [1.807, 2.05) is 89.8 Å². The Bertz CT molecular complexity index is 1320. The molecule has 4 heteroatoms. The molecule has 1 heterocycles. The minimum atomic E-state index is -1.23. The fraction of sp³-hybridized carbons (Fsp3) is 0.200. The van der Waals surface area contributed by atoms with E-state index >= 15 is 0 Å². The summed E-state index contributed by atoms with van der Waals surface area (Å²) in [4.78, 5) is 29.7. The van der Waals surface area contributed by atoms with Gasteiger partial charge in [0.2, 0.25) is 5.91 Å². The molecule has 4 aromatic carbocycles. The van der Waals surface area contributed by atoms with E-state index in [2.05, 4.69) is 43.0 Å². The van der Waals surface area contributed by atoms with Crippen molar-refractivity contribution in [3.63, 3.8) is 0 Å². The molecule has 1 aliphatic heterocycles. The lowest BCUT2D eigenvalue weighted by Gasteiger charge is -2.62. The van der Waals surface area contributed by atoms with E-state index in [-0.39, 0.29) is 24.7 Å². The second-order valence-corrected chi connectivity index (χ2v) is 10.0. The van der Waals surface area contributed by atoms with Gasteiger partial charge in [-0.15, -0.1) is 6.58 Å². The third-order valence-corrected chi connectivity index (χ3v) is 7.90. The molecule has 0 aliphatic carbocycles. The van der Waals surface area contributed by atoms with Crippen LogP contribution < -0.4 is 0 Å². The number of ether oxygens (including phenoxy) is 1. The smallest absolute Gasteiger partial charge is 0.240 e. The van der Waals surface area contributed by atoms with Gasteiger partial charge in [0.25, 0.3) is 0 Å². The standard InChI is InChI=1S/C35H33NO3/c1-3-24-34(27(2)37)32(26-39-25-28-16-8-4-9-17-28)36(33(34)38)35(29-18-10-5-11-19-29,30-20-12-6-13-21-30)31-22-14-7-15-23-31/h3-23,32H,1,24-26H2,2H3/t32-,34+/m0/s1. The average Bonchev–Trinajstić information content (AvgIpc) is 2.99. The van der Waals surface area contributed by atoms with Gasteiger partial charge in [-0.25, -0.2) is 0 Å². The van der Waals surface area contributed by atoms with Gasteiger partial charge in [-0.05, 0) is 35.6 Å². The SMILES string of the molecule is C=CC[C@]1(C(C)=O)C(=O)N(C(c2ccccc2)(c2ccccc2)c2ccccc2)[C@H]1COCc1ccccc1. The molecule has 0 spiro atoms. The summed E-state index contributed by atoms with van der Waals surface area (Å²) in [7, 11) is 0. The van der Waals surface area contributed by atoms with Crippen LogP contribution in [-0.2, 0) is 26.5 Å². The Morgan fingerprint density at radius 1 is 0.821 bits per heavy atom. The number of hydrogen-bond acceptors (Lipinski definition) is 3. The maximum Gasteiger partial charge on any atom is 0.240 e. The molecule has 4 aromatic rings. The zero-order valence-corrected chi connectivity index (χ0v) is 22.2. The van der Waals surface area contributed by atoms with E-state index in [9.17, 15) is 9.59 Å². The van der Waals surface area contributed by atoms with Crippen molar-refractivity contribution >= 4 is 11.7 Å². The first-order chi connectivity index (χ1) is 19.1. The van der Waals surface area contributed by atoms with Crippen molar-refractivity contribution in [1.29, 1.82) is 0 Å².